The quantitative estimate of drug-likeness (QED) is 0.803. The second-order valence-electron chi connectivity index (χ2n) is 5.42. The number of hydrogen-bond acceptors (Lipinski definition) is 2. The number of hydrogen-bond donors (Lipinski definition) is 1. The molecule has 1 aromatic carbocycles. The number of rotatable bonds is 4. The molecule has 10 heteroatoms. The third-order valence-electron chi connectivity index (χ3n) is 3.41. The van der Waals surface area contributed by atoms with Gasteiger partial charge in [-0.25, -0.2) is 0 Å². The fourth-order valence-corrected chi connectivity index (χ4v) is 2.19. The van der Waals surface area contributed by atoms with E-state index in [2.05, 4.69) is 5.10 Å². The van der Waals surface area contributed by atoms with E-state index in [-0.39, 0.29) is 23.7 Å². The molecule has 0 aliphatic rings. The van der Waals surface area contributed by atoms with Crippen LogP contribution in [0.5, 0.6) is 0 Å². The third-order valence-corrected chi connectivity index (χ3v) is 3.41. The first-order valence-corrected chi connectivity index (χ1v) is 6.94. The Kier molecular flexibility index (Phi) is 4.83. The van der Waals surface area contributed by atoms with Crippen molar-refractivity contribution in [1.82, 2.24) is 9.78 Å². The summed E-state index contributed by atoms with van der Waals surface area (Å²) in [5.41, 5.74) is -3.35. The minimum atomic E-state index is -4.95. The first-order chi connectivity index (χ1) is 11.4. The highest BCUT2D eigenvalue weighted by Crippen LogP contribution is 2.38. The molecule has 4 nitrogen and oxygen atoms in total. The second kappa shape index (κ2) is 6.41. The van der Waals surface area contributed by atoms with Crippen LogP contribution < -0.4 is 0 Å². The van der Waals surface area contributed by atoms with Crippen LogP contribution in [0, 0.1) is 0 Å². The van der Waals surface area contributed by atoms with E-state index < -0.39 is 35.5 Å². The highest BCUT2D eigenvalue weighted by Gasteiger charge is 2.37. The zero-order valence-corrected chi connectivity index (χ0v) is 12.7. The van der Waals surface area contributed by atoms with E-state index in [1.54, 1.807) is 0 Å². The average Bonchev–Trinajstić information content (AvgIpc) is 2.94. The van der Waals surface area contributed by atoms with Crippen LogP contribution in [0.25, 0.3) is 11.3 Å². The van der Waals surface area contributed by atoms with Gasteiger partial charge in [-0.05, 0) is 31.2 Å². The van der Waals surface area contributed by atoms with Crippen molar-refractivity contribution < 1.29 is 36.2 Å². The summed E-state index contributed by atoms with van der Waals surface area (Å²) < 4.78 is 78.4. The Morgan fingerprint density at radius 1 is 1.12 bits per heavy atom. The maximum atomic E-state index is 12.9. The van der Waals surface area contributed by atoms with E-state index >= 15 is 0 Å². The molecule has 2 aromatic rings. The molecule has 0 aliphatic carbocycles. The number of aromatic nitrogens is 2. The Balaban J connectivity index is 2.48. The van der Waals surface area contributed by atoms with E-state index in [9.17, 15) is 31.1 Å². The van der Waals surface area contributed by atoms with E-state index in [0.29, 0.717) is 12.1 Å². The van der Waals surface area contributed by atoms with Gasteiger partial charge in [-0.1, -0.05) is 0 Å². The Labute approximate surface area is 137 Å². The molecule has 0 bridgehead atoms. The molecule has 1 N–H and O–H groups in total. The molecule has 0 unspecified atom stereocenters. The molecule has 0 radical (unpaired) electrons. The highest BCUT2D eigenvalue weighted by atomic mass is 19.4. The van der Waals surface area contributed by atoms with Crippen LogP contribution in [0.1, 0.15) is 30.5 Å². The largest absolute Gasteiger partial charge is 0.481 e. The normalized spacial score (nSPS) is 13.7. The molecule has 0 saturated carbocycles. The fraction of sp³-hybridized carbons (Fsp3) is 0.333. The van der Waals surface area contributed by atoms with Crippen molar-refractivity contribution in [3.63, 3.8) is 0 Å². The maximum Gasteiger partial charge on any atom is 0.416 e. The predicted octanol–water partition coefficient (Wildman–Crippen LogP) is 4.62. The lowest BCUT2D eigenvalue weighted by atomic mass is 10.0. The zero-order chi connectivity index (χ0) is 19.0. The summed E-state index contributed by atoms with van der Waals surface area (Å²) in [6.45, 7) is 1.51. The maximum absolute atomic E-state index is 12.9. The summed E-state index contributed by atoms with van der Waals surface area (Å²) in [6, 6.07) is 1.80. The van der Waals surface area contributed by atoms with Gasteiger partial charge < -0.3 is 5.11 Å². The summed E-state index contributed by atoms with van der Waals surface area (Å²) in [5.74, 6) is -1.11. The fourth-order valence-electron chi connectivity index (χ4n) is 2.19. The lowest BCUT2D eigenvalue weighted by Crippen LogP contribution is -2.12. The summed E-state index contributed by atoms with van der Waals surface area (Å²) in [7, 11) is 0. The van der Waals surface area contributed by atoms with Gasteiger partial charge in [0, 0.05) is 11.8 Å². The third kappa shape index (κ3) is 4.52. The number of carboxylic acid groups (broad SMARTS) is 1. The van der Waals surface area contributed by atoms with Crippen LogP contribution in [0.2, 0.25) is 0 Å². The molecule has 25 heavy (non-hydrogen) atoms. The monoisotopic (exact) mass is 366 g/mol. The Morgan fingerprint density at radius 3 is 2.08 bits per heavy atom. The van der Waals surface area contributed by atoms with E-state index in [0.717, 1.165) is 0 Å². The number of benzene rings is 1. The van der Waals surface area contributed by atoms with E-state index in [1.807, 2.05) is 0 Å². The van der Waals surface area contributed by atoms with Crippen molar-refractivity contribution in [2.75, 3.05) is 0 Å². The number of nitrogens with zero attached hydrogens (tertiary/aromatic N) is 2. The lowest BCUT2D eigenvalue weighted by molar-refractivity contribution is -0.143. The summed E-state index contributed by atoms with van der Waals surface area (Å²) >= 11 is 0. The molecule has 0 amide bonds. The summed E-state index contributed by atoms with van der Waals surface area (Å²) in [4.78, 5) is 10.7. The van der Waals surface area contributed by atoms with Gasteiger partial charge in [0.15, 0.2) is 0 Å². The molecule has 1 aromatic heterocycles. The molecule has 2 rings (SSSR count). The van der Waals surface area contributed by atoms with Gasteiger partial charge in [-0.2, -0.15) is 31.4 Å². The first-order valence-electron chi connectivity index (χ1n) is 6.94. The van der Waals surface area contributed by atoms with Crippen LogP contribution >= 0.6 is 0 Å². The van der Waals surface area contributed by atoms with Crippen molar-refractivity contribution >= 4 is 5.97 Å². The molecule has 0 aliphatic heterocycles. The predicted molar refractivity (Wildman–Crippen MR) is 74.6 cm³/mol. The van der Waals surface area contributed by atoms with E-state index in [1.165, 1.54) is 23.9 Å². The lowest BCUT2D eigenvalue weighted by Gasteiger charge is -2.13. The molecule has 0 fully saturated rings. The van der Waals surface area contributed by atoms with Crippen LogP contribution in [0.3, 0.4) is 0 Å². The van der Waals surface area contributed by atoms with Gasteiger partial charge in [0.2, 0.25) is 0 Å². The van der Waals surface area contributed by atoms with Crippen molar-refractivity contribution in [2.45, 2.75) is 31.7 Å². The number of carboxylic acids is 1. The Morgan fingerprint density at radius 2 is 1.64 bits per heavy atom. The molecule has 136 valence electrons. The number of halogens is 6. The van der Waals surface area contributed by atoms with Crippen molar-refractivity contribution in [2.24, 2.45) is 0 Å². The highest BCUT2D eigenvalue weighted by molar-refractivity contribution is 5.67. The van der Waals surface area contributed by atoms with Gasteiger partial charge in [-0.15, -0.1) is 0 Å². The van der Waals surface area contributed by atoms with Gasteiger partial charge in [0.05, 0.1) is 29.3 Å². The van der Waals surface area contributed by atoms with Crippen LogP contribution in [-0.2, 0) is 17.1 Å². The minimum absolute atomic E-state index is 0.0353. The molecule has 0 spiro atoms. The van der Waals surface area contributed by atoms with Gasteiger partial charge in [0.25, 0.3) is 0 Å². The molecule has 1 heterocycles. The van der Waals surface area contributed by atoms with Gasteiger partial charge >= 0.3 is 18.3 Å². The van der Waals surface area contributed by atoms with Gasteiger partial charge in [0.1, 0.15) is 0 Å². The second-order valence-corrected chi connectivity index (χ2v) is 5.42. The topological polar surface area (TPSA) is 55.1 Å². The first kappa shape index (κ1) is 18.8. The number of carbonyl (C=O) groups is 1. The Hall–Kier alpha value is -2.52. The average molecular weight is 366 g/mol. The van der Waals surface area contributed by atoms with Crippen LogP contribution in [-0.4, -0.2) is 20.9 Å². The number of alkyl halides is 6. The van der Waals surface area contributed by atoms with Crippen molar-refractivity contribution in [3.8, 4) is 11.3 Å². The zero-order valence-electron chi connectivity index (χ0n) is 12.7. The molecule has 1 atom stereocenters. The van der Waals surface area contributed by atoms with Crippen molar-refractivity contribution in [1.29, 1.82) is 0 Å². The molecule has 0 saturated heterocycles. The summed E-state index contributed by atoms with van der Waals surface area (Å²) in [6.07, 6.45) is -8.89. The minimum Gasteiger partial charge on any atom is -0.481 e. The van der Waals surface area contributed by atoms with Crippen LogP contribution in [0.15, 0.2) is 30.5 Å². The van der Waals surface area contributed by atoms with Crippen molar-refractivity contribution in [3.05, 3.63) is 41.6 Å². The standard InChI is InChI=1S/C15H12F6N2O2/c1-8(4-13(24)25)23-3-2-12(22-23)9-5-10(14(16,17)18)7-11(6-9)15(19,20)21/h2-3,5-8H,4H2,1H3,(H,24,25)/t8-/m0/s1. The SMILES string of the molecule is C[C@@H](CC(=O)O)n1ccc(-c2cc(C(F)(F)F)cc(C(F)(F)F)c2)n1. The molecular formula is C15H12F6N2O2. The smallest absolute Gasteiger partial charge is 0.416 e. The van der Waals surface area contributed by atoms with E-state index in [4.69, 9.17) is 5.11 Å². The summed E-state index contributed by atoms with van der Waals surface area (Å²) in [5, 5.41) is 12.6. The van der Waals surface area contributed by atoms with Gasteiger partial charge in [-0.3, -0.25) is 9.48 Å². The Bertz CT molecular complexity index is 747. The van der Waals surface area contributed by atoms with Crippen LogP contribution in [0.4, 0.5) is 26.3 Å². The number of aliphatic carboxylic acids is 1. The molecular weight excluding hydrogens is 354 g/mol.